The van der Waals surface area contributed by atoms with E-state index in [-0.39, 0.29) is 11.1 Å². The maximum atomic E-state index is 5.84. The van der Waals surface area contributed by atoms with E-state index in [1.165, 1.54) is 0 Å². The fraction of sp³-hybridized carbons (Fsp3) is 0.857. The molecule has 10 heavy (non-hydrogen) atoms. The zero-order valence-corrected chi connectivity index (χ0v) is 6.81. The molecule has 0 radical (unpaired) electrons. The highest BCUT2D eigenvalue weighted by Gasteiger charge is 2.38. The molecule has 1 aliphatic heterocycles. The number of rotatable bonds is 0. The molecule has 58 valence electrons. The Morgan fingerprint density at radius 1 is 1.40 bits per heavy atom. The summed E-state index contributed by atoms with van der Waals surface area (Å²) in [5.74, 6) is 0.581. The molecule has 0 saturated heterocycles. The molecule has 0 amide bonds. The van der Waals surface area contributed by atoms with E-state index >= 15 is 0 Å². The van der Waals surface area contributed by atoms with Crippen LogP contribution in [-0.2, 0) is 0 Å². The van der Waals surface area contributed by atoms with Crippen LogP contribution in [0.2, 0.25) is 0 Å². The molecule has 1 atom stereocenters. The van der Waals surface area contributed by atoms with Gasteiger partial charge in [-0.05, 0) is 27.2 Å². The third kappa shape index (κ3) is 1.14. The minimum atomic E-state index is -0.385. The fourth-order valence-electron chi connectivity index (χ4n) is 1.48. The largest absolute Gasteiger partial charge is 0.386 e. The number of aliphatic imine (C=N–C) groups is 1. The van der Waals surface area contributed by atoms with Gasteiger partial charge in [0.15, 0.2) is 0 Å². The summed E-state index contributed by atoms with van der Waals surface area (Å²) in [5, 5.41) is 0. The molecule has 0 aromatic carbocycles. The number of nitrogens with two attached hydrogens (primary N) is 2. The first-order valence-electron chi connectivity index (χ1n) is 3.48. The minimum absolute atomic E-state index is 0.0619. The first kappa shape index (κ1) is 7.54. The van der Waals surface area contributed by atoms with Gasteiger partial charge in [-0.15, -0.1) is 0 Å². The lowest BCUT2D eigenvalue weighted by molar-refractivity contribution is 0.442. The average molecular weight is 141 g/mol. The van der Waals surface area contributed by atoms with Crippen LogP contribution in [0.4, 0.5) is 0 Å². The molecular weight excluding hydrogens is 126 g/mol. The summed E-state index contributed by atoms with van der Waals surface area (Å²) >= 11 is 0. The van der Waals surface area contributed by atoms with Crippen molar-refractivity contribution in [1.29, 1.82) is 0 Å². The van der Waals surface area contributed by atoms with Gasteiger partial charge >= 0.3 is 0 Å². The second-order valence-corrected chi connectivity index (χ2v) is 3.90. The Hall–Kier alpha value is -0.570. The predicted octanol–water partition coefficient (Wildman–Crippen LogP) is 0.243. The lowest BCUT2D eigenvalue weighted by Gasteiger charge is -2.20. The summed E-state index contributed by atoms with van der Waals surface area (Å²) < 4.78 is 0. The van der Waals surface area contributed by atoms with Crippen molar-refractivity contribution in [2.75, 3.05) is 0 Å². The van der Waals surface area contributed by atoms with Crippen molar-refractivity contribution in [3.05, 3.63) is 0 Å². The van der Waals surface area contributed by atoms with Gasteiger partial charge in [0.2, 0.25) is 0 Å². The Labute approximate surface area is 61.5 Å². The highest BCUT2D eigenvalue weighted by Crippen LogP contribution is 2.28. The van der Waals surface area contributed by atoms with E-state index in [2.05, 4.69) is 4.99 Å². The van der Waals surface area contributed by atoms with E-state index in [0.717, 1.165) is 6.42 Å². The quantitative estimate of drug-likeness (QED) is 0.507. The molecule has 1 heterocycles. The molecule has 0 aromatic heterocycles. The van der Waals surface area contributed by atoms with Gasteiger partial charge in [-0.1, -0.05) is 0 Å². The van der Waals surface area contributed by atoms with Gasteiger partial charge in [0, 0.05) is 0 Å². The zero-order valence-electron chi connectivity index (χ0n) is 6.81. The van der Waals surface area contributed by atoms with Crippen molar-refractivity contribution in [1.82, 2.24) is 0 Å². The van der Waals surface area contributed by atoms with Crippen LogP contribution in [-0.4, -0.2) is 16.9 Å². The monoisotopic (exact) mass is 141 g/mol. The average Bonchev–Trinajstić information content (AvgIpc) is 1.73. The van der Waals surface area contributed by atoms with Gasteiger partial charge in [-0.25, -0.2) is 0 Å². The Balaban J connectivity index is 2.89. The summed E-state index contributed by atoms with van der Waals surface area (Å²) in [6.45, 7) is 6.00. The van der Waals surface area contributed by atoms with E-state index in [0.29, 0.717) is 5.84 Å². The SMILES string of the molecule is CC1(C)CC(C)(N)C(N)=N1. The van der Waals surface area contributed by atoms with Crippen LogP contribution < -0.4 is 11.5 Å². The van der Waals surface area contributed by atoms with Gasteiger partial charge < -0.3 is 11.5 Å². The molecule has 3 nitrogen and oxygen atoms in total. The van der Waals surface area contributed by atoms with E-state index < -0.39 is 0 Å². The molecule has 3 heteroatoms. The molecular formula is C7H15N3. The van der Waals surface area contributed by atoms with Crippen molar-refractivity contribution in [2.45, 2.75) is 38.3 Å². The first-order chi connectivity index (χ1) is 4.33. The lowest BCUT2D eigenvalue weighted by atomic mass is 9.91. The molecule has 1 unspecified atom stereocenters. The molecule has 1 aliphatic rings. The molecule has 0 bridgehead atoms. The summed E-state index contributed by atoms with van der Waals surface area (Å²) in [5.41, 5.74) is 11.0. The number of hydrogen-bond acceptors (Lipinski definition) is 3. The normalized spacial score (nSPS) is 37.8. The van der Waals surface area contributed by atoms with Gasteiger partial charge in [-0.2, -0.15) is 0 Å². The second-order valence-electron chi connectivity index (χ2n) is 3.90. The van der Waals surface area contributed by atoms with E-state index in [1.807, 2.05) is 20.8 Å². The smallest absolute Gasteiger partial charge is 0.114 e. The Morgan fingerprint density at radius 2 is 1.90 bits per heavy atom. The highest BCUT2D eigenvalue weighted by atomic mass is 15.0. The molecule has 1 rings (SSSR count). The maximum Gasteiger partial charge on any atom is 0.114 e. The predicted molar refractivity (Wildman–Crippen MR) is 42.9 cm³/mol. The van der Waals surface area contributed by atoms with Gasteiger partial charge in [-0.3, -0.25) is 4.99 Å². The van der Waals surface area contributed by atoms with Crippen molar-refractivity contribution in [2.24, 2.45) is 16.5 Å². The first-order valence-corrected chi connectivity index (χ1v) is 3.48. The topological polar surface area (TPSA) is 64.4 Å². The Kier molecular flexibility index (Phi) is 1.30. The maximum absolute atomic E-state index is 5.84. The zero-order chi connectivity index (χ0) is 7.99. The third-order valence-electron chi connectivity index (χ3n) is 1.81. The van der Waals surface area contributed by atoms with Crippen LogP contribution in [0.25, 0.3) is 0 Å². The van der Waals surface area contributed by atoms with Crippen molar-refractivity contribution in [3.63, 3.8) is 0 Å². The van der Waals surface area contributed by atoms with E-state index in [9.17, 15) is 0 Å². The third-order valence-corrected chi connectivity index (χ3v) is 1.81. The molecule has 0 fully saturated rings. The van der Waals surface area contributed by atoms with Crippen molar-refractivity contribution >= 4 is 5.84 Å². The van der Waals surface area contributed by atoms with Crippen molar-refractivity contribution < 1.29 is 0 Å². The van der Waals surface area contributed by atoms with Crippen molar-refractivity contribution in [3.8, 4) is 0 Å². The van der Waals surface area contributed by atoms with Crippen LogP contribution in [0.5, 0.6) is 0 Å². The number of amidine groups is 1. The molecule has 0 aromatic rings. The Bertz CT molecular complexity index is 179. The summed E-state index contributed by atoms with van der Waals surface area (Å²) in [4.78, 5) is 4.24. The van der Waals surface area contributed by atoms with Gasteiger partial charge in [0.25, 0.3) is 0 Å². The van der Waals surface area contributed by atoms with Crippen LogP contribution in [0.15, 0.2) is 4.99 Å². The summed E-state index contributed by atoms with van der Waals surface area (Å²) in [6.07, 6.45) is 0.839. The molecule has 4 N–H and O–H groups in total. The fourth-order valence-corrected chi connectivity index (χ4v) is 1.48. The summed E-state index contributed by atoms with van der Waals surface area (Å²) in [7, 11) is 0. The number of nitrogens with zero attached hydrogens (tertiary/aromatic N) is 1. The van der Waals surface area contributed by atoms with E-state index in [1.54, 1.807) is 0 Å². The summed E-state index contributed by atoms with van der Waals surface area (Å²) in [6, 6.07) is 0. The number of hydrogen-bond donors (Lipinski definition) is 2. The lowest BCUT2D eigenvalue weighted by Crippen LogP contribution is -2.47. The van der Waals surface area contributed by atoms with Crippen LogP contribution in [0.3, 0.4) is 0 Å². The highest BCUT2D eigenvalue weighted by molar-refractivity contribution is 5.91. The van der Waals surface area contributed by atoms with Crippen LogP contribution in [0, 0.1) is 0 Å². The van der Waals surface area contributed by atoms with Crippen LogP contribution >= 0.6 is 0 Å². The van der Waals surface area contributed by atoms with E-state index in [4.69, 9.17) is 11.5 Å². The van der Waals surface area contributed by atoms with Crippen LogP contribution in [0.1, 0.15) is 27.2 Å². The van der Waals surface area contributed by atoms with Gasteiger partial charge in [0.05, 0.1) is 11.1 Å². The standard InChI is InChI=1S/C7H15N3/c1-6(2)4-7(3,9)5(8)10-6/h4,9H2,1-3H3,(H2,8,10). The second kappa shape index (κ2) is 1.72. The minimum Gasteiger partial charge on any atom is -0.386 e. The molecule has 0 saturated carbocycles. The molecule has 0 aliphatic carbocycles. The molecule has 0 spiro atoms. The Morgan fingerprint density at radius 3 is 2.00 bits per heavy atom. The van der Waals surface area contributed by atoms with Gasteiger partial charge in [0.1, 0.15) is 5.84 Å².